The molecule has 1 aliphatic rings. The molecule has 0 amide bonds. The fraction of sp³-hybridized carbons (Fsp3) is 0.538. The van der Waals surface area contributed by atoms with Crippen LogP contribution >= 0.6 is 0 Å². The first kappa shape index (κ1) is 11.6. The molecular formula is C13H18FNO. The Bertz CT molecular complexity index is 369. The quantitative estimate of drug-likeness (QED) is 0.829. The monoisotopic (exact) mass is 223 g/mol. The van der Waals surface area contributed by atoms with Gasteiger partial charge in [-0.15, -0.1) is 0 Å². The number of halogens is 1. The third-order valence-electron chi connectivity index (χ3n) is 2.88. The zero-order valence-corrected chi connectivity index (χ0v) is 9.79. The molecule has 1 aromatic rings. The highest BCUT2D eigenvalue weighted by Gasteiger charge is 2.31. The first-order valence-corrected chi connectivity index (χ1v) is 5.70. The highest BCUT2D eigenvalue weighted by Crippen LogP contribution is 2.22. The molecule has 0 spiro atoms. The van der Waals surface area contributed by atoms with E-state index in [9.17, 15) is 4.39 Å². The van der Waals surface area contributed by atoms with E-state index in [0.29, 0.717) is 0 Å². The Balaban J connectivity index is 2.08. The van der Waals surface area contributed by atoms with Crippen molar-refractivity contribution < 1.29 is 9.13 Å². The number of hydrogen-bond acceptors (Lipinski definition) is 2. The highest BCUT2D eigenvalue weighted by molar-refractivity contribution is 5.18. The zero-order chi connectivity index (χ0) is 11.6. The molecule has 0 aliphatic carbocycles. The van der Waals surface area contributed by atoms with Gasteiger partial charge in [-0.25, -0.2) is 4.39 Å². The standard InChI is InChI=1S/C13H18FNO/c1-10-8-15-9-13(2,16-10)7-11-4-3-5-12(14)6-11/h3-6,10,15H,7-9H2,1-2H3. The summed E-state index contributed by atoms with van der Waals surface area (Å²) in [4.78, 5) is 0. The van der Waals surface area contributed by atoms with Gasteiger partial charge in [0.25, 0.3) is 0 Å². The Morgan fingerprint density at radius 1 is 1.56 bits per heavy atom. The van der Waals surface area contributed by atoms with Gasteiger partial charge in [-0.05, 0) is 31.5 Å². The lowest BCUT2D eigenvalue weighted by molar-refractivity contribution is -0.0965. The average Bonchev–Trinajstić information content (AvgIpc) is 2.16. The fourth-order valence-electron chi connectivity index (χ4n) is 2.29. The predicted molar refractivity (Wildman–Crippen MR) is 61.9 cm³/mol. The van der Waals surface area contributed by atoms with Gasteiger partial charge >= 0.3 is 0 Å². The minimum Gasteiger partial charge on any atom is -0.369 e. The normalized spacial score (nSPS) is 30.3. The van der Waals surface area contributed by atoms with E-state index in [1.807, 2.05) is 6.07 Å². The van der Waals surface area contributed by atoms with Crippen LogP contribution in [0.2, 0.25) is 0 Å². The van der Waals surface area contributed by atoms with Gasteiger partial charge in [0.1, 0.15) is 5.82 Å². The van der Waals surface area contributed by atoms with Gasteiger partial charge in [0.2, 0.25) is 0 Å². The van der Waals surface area contributed by atoms with Crippen molar-refractivity contribution in [3.05, 3.63) is 35.6 Å². The minimum absolute atomic E-state index is 0.182. The van der Waals surface area contributed by atoms with Crippen molar-refractivity contribution in [2.75, 3.05) is 13.1 Å². The van der Waals surface area contributed by atoms with E-state index in [2.05, 4.69) is 19.2 Å². The molecule has 0 bridgehead atoms. The molecule has 0 aromatic heterocycles. The highest BCUT2D eigenvalue weighted by atomic mass is 19.1. The molecule has 1 N–H and O–H groups in total. The second kappa shape index (κ2) is 4.52. The van der Waals surface area contributed by atoms with Crippen LogP contribution in [0.4, 0.5) is 4.39 Å². The van der Waals surface area contributed by atoms with Gasteiger partial charge in [-0.2, -0.15) is 0 Å². The summed E-state index contributed by atoms with van der Waals surface area (Å²) >= 11 is 0. The van der Waals surface area contributed by atoms with E-state index in [1.54, 1.807) is 12.1 Å². The fourth-order valence-corrected chi connectivity index (χ4v) is 2.29. The summed E-state index contributed by atoms with van der Waals surface area (Å²) in [7, 11) is 0. The van der Waals surface area contributed by atoms with Crippen molar-refractivity contribution in [1.82, 2.24) is 5.32 Å². The molecular weight excluding hydrogens is 205 g/mol. The number of nitrogens with one attached hydrogen (secondary N) is 1. The number of rotatable bonds is 2. The molecule has 1 aromatic carbocycles. The first-order valence-electron chi connectivity index (χ1n) is 5.70. The third-order valence-corrected chi connectivity index (χ3v) is 2.88. The molecule has 1 saturated heterocycles. The van der Waals surface area contributed by atoms with Crippen LogP contribution in [-0.2, 0) is 11.2 Å². The molecule has 0 saturated carbocycles. The van der Waals surface area contributed by atoms with Crippen molar-refractivity contribution in [3.8, 4) is 0 Å². The maximum absolute atomic E-state index is 13.1. The number of benzene rings is 1. The van der Waals surface area contributed by atoms with Crippen molar-refractivity contribution in [1.29, 1.82) is 0 Å². The van der Waals surface area contributed by atoms with Crippen molar-refractivity contribution in [2.24, 2.45) is 0 Å². The van der Waals surface area contributed by atoms with Crippen molar-refractivity contribution >= 4 is 0 Å². The Morgan fingerprint density at radius 3 is 3.06 bits per heavy atom. The molecule has 88 valence electrons. The summed E-state index contributed by atoms with van der Waals surface area (Å²) in [6, 6.07) is 6.73. The van der Waals surface area contributed by atoms with E-state index in [-0.39, 0.29) is 17.5 Å². The molecule has 2 atom stereocenters. The van der Waals surface area contributed by atoms with Crippen molar-refractivity contribution in [2.45, 2.75) is 32.0 Å². The number of morpholine rings is 1. The lowest BCUT2D eigenvalue weighted by Gasteiger charge is -2.38. The second-order valence-corrected chi connectivity index (χ2v) is 4.82. The molecule has 2 nitrogen and oxygen atoms in total. The summed E-state index contributed by atoms with van der Waals surface area (Å²) in [5.41, 5.74) is 0.754. The molecule has 1 fully saturated rings. The predicted octanol–water partition coefficient (Wildman–Crippen LogP) is 2.14. The maximum atomic E-state index is 13.1. The lowest BCUT2D eigenvalue weighted by atomic mass is 9.94. The summed E-state index contributed by atoms with van der Waals surface area (Å²) < 4.78 is 19.0. The van der Waals surface area contributed by atoms with E-state index < -0.39 is 0 Å². The summed E-state index contributed by atoms with van der Waals surface area (Å²) in [6.45, 7) is 5.82. The van der Waals surface area contributed by atoms with Gasteiger partial charge in [0, 0.05) is 19.5 Å². The molecule has 1 aliphatic heterocycles. The van der Waals surface area contributed by atoms with Gasteiger partial charge in [-0.1, -0.05) is 12.1 Å². The van der Waals surface area contributed by atoms with Crippen molar-refractivity contribution in [3.63, 3.8) is 0 Å². The topological polar surface area (TPSA) is 21.3 Å². The molecule has 3 heteroatoms. The Labute approximate surface area is 95.8 Å². The van der Waals surface area contributed by atoms with E-state index in [4.69, 9.17) is 4.74 Å². The summed E-state index contributed by atoms with van der Waals surface area (Å²) in [5.74, 6) is -0.182. The van der Waals surface area contributed by atoms with Crippen LogP contribution < -0.4 is 5.32 Å². The van der Waals surface area contributed by atoms with E-state index in [0.717, 1.165) is 25.1 Å². The average molecular weight is 223 g/mol. The SMILES string of the molecule is CC1CNCC(C)(Cc2cccc(F)c2)O1. The van der Waals surface area contributed by atoms with Gasteiger partial charge in [0.05, 0.1) is 11.7 Å². The van der Waals surface area contributed by atoms with Crippen LogP contribution in [0.15, 0.2) is 24.3 Å². The molecule has 16 heavy (non-hydrogen) atoms. The Hall–Kier alpha value is -0.930. The molecule has 2 unspecified atom stereocenters. The van der Waals surface area contributed by atoms with E-state index >= 15 is 0 Å². The van der Waals surface area contributed by atoms with Crippen LogP contribution in [0.25, 0.3) is 0 Å². The van der Waals surface area contributed by atoms with Crippen LogP contribution in [0.5, 0.6) is 0 Å². The van der Waals surface area contributed by atoms with Gasteiger partial charge in [0.15, 0.2) is 0 Å². The van der Waals surface area contributed by atoms with Gasteiger partial charge in [-0.3, -0.25) is 0 Å². The zero-order valence-electron chi connectivity index (χ0n) is 9.79. The summed E-state index contributed by atoms with van der Waals surface area (Å²) in [5, 5.41) is 3.34. The van der Waals surface area contributed by atoms with Crippen LogP contribution in [-0.4, -0.2) is 24.8 Å². The Kier molecular flexibility index (Phi) is 3.26. The molecule has 1 heterocycles. The number of ether oxygens (including phenoxy) is 1. The van der Waals surface area contributed by atoms with Crippen LogP contribution in [0.1, 0.15) is 19.4 Å². The Morgan fingerprint density at radius 2 is 2.38 bits per heavy atom. The molecule has 2 rings (SSSR count). The molecule has 0 radical (unpaired) electrons. The van der Waals surface area contributed by atoms with Crippen LogP contribution in [0.3, 0.4) is 0 Å². The van der Waals surface area contributed by atoms with E-state index in [1.165, 1.54) is 6.07 Å². The van der Waals surface area contributed by atoms with Gasteiger partial charge < -0.3 is 10.1 Å². The third kappa shape index (κ3) is 2.80. The maximum Gasteiger partial charge on any atom is 0.123 e. The first-order chi connectivity index (χ1) is 7.57. The lowest BCUT2D eigenvalue weighted by Crippen LogP contribution is -2.52. The minimum atomic E-state index is -0.231. The largest absolute Gasteiger partial charge is 0.369 e. The number of hydrogen-bond donors (Lipinski definition) is 1. The second-order valence-electron chi connectivity index (χ2n) is 4.82. The summed E-state index contributed by atoms with van der Waals surface area (Å²) in [6.07, 6.45) is 0.953. The smallest absolute Gasteiger partial charge is 0.123 e. The van der Waals surface area contributed by atoms with Crippen LogP contribution in [0, 0.1) is 5.82 Å².